The summed E-state index contributed by atoms with van der Waals surface area (Å²) in [5, 5.41) is 1.77. The maximum Gasteiger partial charge on any atom is 0.127 e. The van der Waals surface area contributed by atoms with Crippen LogP contribution >= 0.6 is 63.7 Å². The smallest absolute Gasteiger partial charge is 0.127 e. The van der Waals surface area contributed by atoms with Crippen LogP contribution in [0.5, 0.6) is 11.5 Å². The molecule has 0 aliphatic carbocycles. The molecule has 0 amide bonds. The van der Waals surface area contributed by atoms with Crippen LogP contribution in [-0.2, 0) is 0 Å². The highest BCUT2D eigenvalue weighted by molar-refractivity contribution is 9.12. The van der Waals surface area contributed by atoms with E-state index >= 15 is 0 Å². The van der Waals surface area contributed by atoms with Gasteiger partial charge in [0.15, 0.2) is 0 Å². The fourth-order valence-electron chi connectivity index (χ4n) is 1.80. The lowest BCUT2D eigenvalue weighted by Gasteiger charge is -2.10. The van der Waals surface area contributed by atoms with E-state index in [1.807, 2.05) is 24.3 Å². The fourth-order valence-corrected chi connectivity index (χ4v) is 3.16. The van der Waals surface area contributed by atoms with E-state index in [2.05, 4.69) is 88.0 Å². The molecule has 0 saturated heterocycles. The van der Waals surface area contributed by atoms with Crippen molar-refractivity contribution in [2.75, 3.05) is 10.7 Å². The number of benzene rings is 2. The lowest BCUT2D eigenvalue weighted by Crippen LogP contribution is -1.92. The van der Waals surface area contributed by atoms with Gasteiger partial charge in [0.1, 0.15) is 11.5 Å². The van der Waals surface area contributed by atoms with Gasteiger partial charge in [-0.05, 0) is 35.4 Å². The molecule has 0 radical (unpaired) electrons. The van der Waals surface area contributed by atoms with Crippen molar-refractivity contribution in [2.24, 2.45) is 0 Å². The quantitative estimate of drug-likeness (QED) is 0.353. The van der Waals surface area contributed by atoms with Gasteiger partial charge < -0.3 is 4.74 Å². The van der Waals surface area contributed by atoms with Gasteiger partial charge in [0, 0.05) is 20.3 Å². The van der Waals surface area contributed by atoms with Gasteiger partial charge in [0.25, 0.3) is 0 Å². The SMILES string of the molecule is BrCC(Br)c1ccc(Oc2ccc(C(Br)CBr)cc2)cc1. The van der Waals surface area contributed by atoms with Crippen molar-refractivity contribution >= 4 is 63.7 Å². The van der Waals surface area contributed by atoms with Crippen molar-refractivity contribution in [3.8, 4) is 11.5 Å². The Balaban J connectivity index is 2.04. The Kier molecular flexibility index (Phi) is 7.26. The lowest BCUT2D eigenvalue weighted by atomic mass is 10.1. The molecule has 2 rings (SSSR count). The van der Waals surface area contributed by atoms with Crippen molar-refractivity contribution in [3.63, 3.8) is 0 Å². The minimum absolute atomic E-state index is 0.325. The molecule has 0 heterocycles. The van der Waals surface area contributed by atoms with E-state index in [1.54, 1.807) is 0 Å². The lowest BCUT2D eigenvalue weighted by molar-refractivity contribution is 0.482. The van der Waals surface area contributed by atoms with Crippen LogP contribution in [0.2, 0.25) is 0 Å². The zero-order chi connectivity index (χ0) is 15.2. The summed E-state index contributed by atoms with van der Waals surface area (Å²) in [5.41, 5.74) is 2.46. The summed E-state index contributed by atoms with van der Waals surface area (Å²) >= 11 is 14.1. The topological polar surface area (TPSA) is 9.23 Å². The minimum atomic E-state index is 0.325. The van der Waals surface area contributed by atoms with Crippen molar-refractivity contribution in [3.05, 3.63) is 59.7 Å². The Morgan fingerprint density at radius 3 is 1.29 bits per heavy atom. The van der Waals surface area contributed by atoms with Crippen LogP contribution in [0.3, 0.4) is 0 Å². The first-order chi connectivity index (χ1) is 10.1. The van der Waals surface area contributed by atoms with E-state index in [4.69, 9.17) is 4.74 Å². The van der Waals surface area contributed by atoms with E-state index < -0.39 is 0 Å². The second-order valence-electron chi connectivity index (χ2n) is 4.48. The monoisotopic (exact) mass is 538 g/mol. The normalized spacial score (nSPS) is 13.7. The van der Waals surface area contributed by atoms with Gasteiger partial charge >= 0.3 is 0 Å². The third-order valence-corrected chi connectivity index (χ3v) is 7.73. The van der Waals surface area contributed by atoms with Gasteiger partial charge in [0.05, 0.1) is 0 Å². The predicted molar refractivity (Wildman–Crippen MR) is 104 cm³/mol. The number of ether oxygens (including phenoxy) is 1. The molecular weight excluding hydrogens is 528 g/mol. The average Bonchev–Trinajstić information content (AvgIpc) is 2.55. The first-order valence-electron chi connectivity index (χ1n) is 6.42. The average molecular weight is 542 g/mol. The molecule has 0 fully saturated rings. The molecule has 0 aliphatic heterocycles. The summed E-state index contributed by atoms with van der Waals surface area (Å²) in [6.07, 6.45) is 0. The Labute approximate surface area is 159 Å². The van der Waals surface area contributed by atoms with Crippen LogP contribution in [0.15, 0.2) is 48.5 Å². The summed E-state index contributed by atoms with van der Waals surface area (Å²) < 4.78 is 5.86. The molecule has 0 spiro atoms. The van der Waals surface area contributed by atoms with Crippen LogP contribution < -0.4 is 4.74 Å². The molecule has 5 heteroatoms. The van der Waals surface area contributed by atoms with Crippen LogP contribution in [0, 0.1) is 0 Å². The van der Waals surface area contributed by atoms with Crippen molar-refractivity contribution in [1.82, 2.24) is 0 Å². The number of hydrogen-bond donors (Lipinski definition) is 0. The third kappa shape index (κ3) is 5.08. The van der Waals surface area contributed by atoms with Gasteiger partial charge in [0.2, 0.25) is 0 Å². The van der Waals surface area contributed by atoms with E-state index in [9.17, 15) is 0 Å². The Hall–Kier alpha value is 0.160. The molecule has 0 aromatic heterocycles. The van der Waals surface area contributed by atoms with E-state index in [0.717, 1.165) is 22.2 Å². The molecule has 0 bridgehead atoms. The molecule has 2 aromatic rings. The van der Waals surface area contributed by atoms with Crippen molar-refractivity contribution in [1.29, 1.82) is 0 Å². The molecule has 1 nitrogen and oxygen atoms in total. The zero-order valence-corrected chi connectivity index (χ0v) is 17.5. The molecule has 0 aliphatic rings. The largest absolute Gasteiger partial charge is 0.457 e. The highest BCUT2D eigenvalue weighted by atomic mass is 79.9. The number of hydrogen-bond acceptors (Lipinski definition) is 1. The van der Waals surface area contributed by atoms with Gasteiger partial charge in [-0.2, -0.15) is 0 Å². The van der Waals surface area contributed by atoms with Gasteiger partial charge in [-0.3, -0.25) is 0 Å². The second kappa shape index (κ2) is 8.70. The van der Waals surface area contributed by atoms with Crippen LogP contribution in [0.25, 0.3) is 0 Å². The molecule has 2 unspecified atom stereocenters. The maximum absolute atomic E-state index is 5.86. The van der Waals surface area contributed by atoms with Crippen molar-refractivity contribution < 1.29 is 4.74 Å². The maximum atomic E-state index is 5.86. The summed E-state index contributed by atoms with van der Waals surface area (Å²) in [6, 6.07) is 16.3. The van der Waals surface area contributed by atoms with Crippen LogP contribution in [0.4, 0.5) is 0 Å². The molecule has 0 N–H and O–H groups in total. The molecule has 2 atom stereocenters. The van der Waals surface area contributed by atoms with Gasteiger partial charge in [-0.15, -0.1) is 0 Å². The van der Waals surface area contributed by atoms with E-state index in [1.165, 1.54) is 11.1 Å². The van der Waals surface area contributed by atoms with Gasteiger partial charge in [-0.25, -0.2) is 0 Å². The predicted octanol–water partition coefficient (Wildman–Crippen LogP) is 7.14. The Morgan fingerprint density at radius 1 is 0.667 bits per heavy atom. The van der Waals surface area contributed by atoms with Gasteiger partial charge in [-0.1, -0.05) is 88.0 Å². The van der Waals surface area contributed by atoms with Crippen LogP contribution in [0.1, 0.15) is 20.8 Å². The second-order valence-corrected chi connectivity index (χ2v) is 7.99. The summed E-state index contributed by atoms with van der Waals surface area (Å²) in [5.74, 6) is 1.69. The summed E-state index contributed by atoms with van der Waals surface area (Å²) in [6.45, 7) is 0. The van der Waals surface area contributed by atoms with E-state index in [-0.39, 0.29) is 0 Å². The highest BCUT2D eigenvalue weighted by Crippen LogP contribution is 2.30. The molecule has 0 saturated carbocycles. The highest BCUT2D eigenvalue weighted by Gasteiger charge is 2.07. The zero-order valence-electron chi connectivity index (χ0n) is 11.1. The third-order valence-electron chi connectivity index (χ3n) is 2.99. The Bertz CT molecular complexity index is 502. The van der Waals surface area contributed by atoms with E-state index in [0.29, 0.717) is 9.65 Å². The standard InChI is InChI=1S/C16H14Br4O/c17-9-15(19)11-1-5-13(6-2-11)21-14-7-3-12(4-8-14)16(20)10-18/h1-8,15-16H,9-10H2. The first-order valence-corrected chi connectivity index (χ1v) is 10.5. The van der Waals surface area contributed by atoms with Crippen molar-refractivity contribution in [2.45, 2.75) is 9.65 Å². The first kappa shape index (κ1) is 17.5. The minimum Gasteiger partial charge on any atom is -0.457 e. The molecule has 112 valence electrons. The Morgan fingerprint density at radius 2 is 1.00 bits per heavy atom. The summed E-state index contributed by atoms with van der Waals surface area (Å²) in [4.78, 5) is 0.650. The number of rotatable bonds is 6. The molecular formula is C16H14Br4O. The molecule has 21 heavy (non-hydrogen) atoms. The summed E-state index contributed by atoms with van der Waals surface area (Å²) in [7, 11) is 0. The number of halogens is 4. The fraction of sp³-hybridized carbons (Fsp3) is 0.250. The number of alkyl halides is 4. The van der Waals surface area contributed by atoms with Crippen LogP contribution in [-0.4, -0.2) is 10.7 Å². The molecule has 2 aromatic carbocycles.